The number of carbonyl (C=O) groups excluding carboxylic acids is 1. The van der Waals surface area contributed by atoms with Crippen LogP contribution in [-0.4, -0.2) is 16.7 Å². The van der Waals surface area contributed by atoms with Gasteiger partial charge in [-0.2, -0.15) is 0 Å². The van der Waals surface area contributed by atoms with Crippen LogP contribution in [0.2, 0.25) is 0 Å². The molecule has 0 spiro atoms. The third kappa shape index (κ3) is 4.56. The van der Waals surface area contributed by atoms with Crippen LogP contribution in [0.3, 0.4) is 0 Å². The van der Waals surface area contributed by atoms with Gasteiger partial charge in [0.1, 0.15) is 5.76 Å². The first-order valence-corrected chi connectivity index (χ1v) is 8.74. The number of furan rings is 1. The molecule has 0 radical (unpaired) electrons. The minimum atomic E-state index is -1.18. The summed E-state index contributed by atoms with van der Waals surface area (Å²) in [7, 11) is -1.18. The summed E-state index contributed by atoms with van der Waals surface area (Å²) in [6.07, 6.45) is 1.97. The van der Waals surface area contributed by atoms with E-state index in [0.29, 0.717) is 12.3 Å². The number of rotatable bonds is 7. The summed E-state index contributed by atoms with van der Waals surface area (Å²) < 4.78 is 17.8. The standard InChI is InChI=1S/C17H21NO3S/c1-3-4-10-18-17(19)16-9-8-14(21-16)12-22(20)15-7-5-6-13(2)11-15/h5-9,11H,3-4,10,12H2,1-2H3,(H,18,19)/t22-/m0/s1. The number of carbonyl (C=O) groups is 1. The molecule has 1 aromatic carbocycles. The van der Waals surface area contributed by atoms with Gasteiger partial charge in [0, 0.05) is 11.4 Å². The van der Waals surface area contributed by atoms with Gasteiger partial charge in [0.2, 0.25) is 0 Å². The lowest BCUT2D eigenvalue weighted by molar-refractivity contribution is 0.0924. The number of unbranched alkanes of at least 4 members (excludes halogenated alkanes) is 1. The first-order chi connectivity index (χ1) is 10.6. The van der Waals surface area contributed by atoms with Gasteiger partial charge in [-0.1, -0.05) is 25.5 Å². The number of benzene rings is 1. The summed E-state index contributed by atoms with van der Waals surface area (Å²) >= 11 is 0. The van der Waals surface area contributed by atoms with E-state index in [1.54, 1.807) is 12.1 Å². The molecule has 118 valence electrons. The summed E-state index contributed by atoms with van der Waals surface area (Å²) in [5.41, 5.74) is 1.07. The van der Waals surface area contributed by atoms with Gasteiger partial charge in [-0.15, -0.1) is 0 Å². The highest BCUT2D eigenvalue weighted by atomic mass is 32.2. The number of amides is 1. The molecular formula is C17H21NO3S. The van der Waals surface area contributed by atoms with Crippen LogP contribution in [0.25, 0.3) is 0 Å². The Balaban J connectivity index is 1.97. The Kier molecular flexibility index (Phi) is 5.95. The summed E-state index contributed by atoms with van der Waals surface area (Å²) in [5.74, 6) is 0.875. The lowest BCUT2D eigenvalue weighted by atomic mass is 10.2. The second kappa shape index (κ2) is 7.94. The summed E-state index contributed by atoms with van der Waals surface area (Å²) in [4.78, 5) is 12.6. The van der Waals surface area contributed by atoms with Gasteiger partial charge in [0.15, 0.2) is 5.76 Å². The topological polar surface area (TPSA) is 59.3 Å². The molecule has 0 bridgehead atoms. The minimum absolute atomic E-state index is 0.221. The minimum Gasteiger partial charge on any atom is -0.455 e. The second-order valence-electron chi connectivity index (χ2n) is 5.18. The molecule has 0 aliphatic heterocycles. The van der Waals surface area contributed by atoms with E-state index in [0.717, 1.165) is 23.3 Å². The van der Waals surface area contributed by atoms with Crippen molar-refractivity contribution in [2.24, 2.45) is 0 Å². The van der Waals surface area contributed by atoms with Crippen molar-refractivity contribution in [2.45, 2.75) is 37.3 Å². The van der Waals surface area contributed by atoms with Crippen LogP contribution in [0.1, 0.15) is 41.6 Å². The Morgan fingerprint density at radius 2 is 2.09 bits per heavy atom. The predicted octanol–water partition coefficient (Wildman–Crippen LogP) is 3.43. The average molecular weight is 319 g/mol. The van der Waals surface area contributed by atoms with Crippen LogP contribution in [-0.2, 0) is 16.6 Å². The zero-order valence-corrected chi connectivity index (χ0v) is 13.7. The van der Waals surface area contributed by atoms with Crippen LogP contribution in [0.15, 0.2) is 45.7 Å². The van der Waals surface area contributed by atoms with Crippen molar-refractivity contribution in [1.82, 2.24) is 5.32 Å². The van der Waals surface area contributed by atoms with E-state index in [1.165, 1.54) is 0 Å². The molecule has 0 saturated carbocycles. The maximum atomic E-state index is 12.3. The first-order valence-electron chi connectivity index (χ1n) is 7.42. The van der Waals surface area contributed by atoms with Gasteiger partial charge < -0.3 is 9.73 Å². The van der Waals surface area contributed by atoms with Gasteiger partial charge in [-0.3, -0.25) is 9.00 Å². The zero-order chi connectivity index (χ0) is 15.9. The highest BCUT2D eigenvalue weighted by molar-refractivity contribution is 7.84. The third-order valence-corrected chi connectivity index (χ3v) is 4.55. The van der Waals surface area contributed by atoms with Gasteiger partial charge in [-0.25, -0.2) is 0 Å². The summed E-state index contributed by atoms with van der Waals surface area (Å²) in [6.45, 7) is 4.67. The van der Waals surface area contributed by atoms with Crippen LogP contribution < -0.4 is 5.32 Å². The molecule has 2 aromatic rings. The van der Waals surface area contributed by atoms with Crippen molar-refractivity contribution < 1.29 is 13.4 Å². The average Bonchev–Trinajstić information content (AvgIpc) is 2.96. The van der Waals surface area contributed by atoms with Crippen molar-refractivity contribution in [3.63, 3.8) is 0 Å². The molecule has 1 amide bonds. The number of hydrogen-bond acceptors (Lipinski definition) is 3. The van der Waals surface area contributed by atoms with Crippen LogP contribution in [0.4, 0.5) is 0 Å². The molecule has 0 aliphatic carbocycles. The monoisotopic (exact) mass is 319 g/mol. The van der Waals surface area contributed by atoms with E-state index in [4.69, 9.17) is 4.42 Å². The maximum absolute atomic E-state index is 12.3. The number of hydrogen-bond donors (Lipinski definition) is 1. The van der Waals surface area contributed by atoms with E-state index in [-0.39, 0.29) is 17.4 Å². The Morgan fingerprint density at radius 1 is 1.27 bits per heavy atom. The fourth-order valence-electron chi connectivity index (χ4n) is 2.01. The lowest BCUT2D eigenvalue weighted by Crippen LogP contribution is -2.23. The zero-order valence-electron chi connectivity index (χ0n) is 12.9. The highest BCUT2D eigenvalue weighted by Crippen LogP contribution is 2.16. The maximum Gasteiger partial charge on any atom is 0.286 e. The molecule has 1 heterocycles. The smallest absolute Gasteiger partial charge is 0.286 e. The van der Waals surface area contributed by atoms with Crippen LogP contribution >= 0.6 is 0 Å². The Morgan fingerprint density at radius 3 is 2.82 bits per heavy atom. The molecule has 0 saturated heterocycles. The van der Waals surface area contributed by atoms with E-state index in [2.05, 4.69) is 12.2 Å². The van der Waals surface area contributed by atoms with Crippen molar-refractivity contribution in [1.29, 1.82) is 0 Å². The van der Waals surface area contributed by atoms with Crippen molar-refractivity contribution in [3.8, 4) is 0 Å². The molecule has 22 heavy (non-hydrogen) atoms. The molecule has 1 atom stereocenters. The quantitative estimate of drug-likeness (QED) is 0.795. The SMILES string of the molecule is CCCCNC(=O)c1ccc(C[S@](=O)c2cccc(C)c2)o1. The van der Waals surface area contributed by atoms with Crippen molar-refractivity contribution >= 4 is 16.7 Å². The predicted molar refractivity (Wildman–Crippen MR) is 87.2 cm³/mol. The number of nitrogens with one attached hydrogen (secondary N) is 1. The molecule has 0 fully saturated rings. The number of aryl methyl sites for hydroxylation is 1. The Bertz CT molecular complexity index is 663. The van der Waals surface area contributed by atoms with Crippen molar-refractivity contribution in [3.05, 3.63) is 53.5 Å². The molecule has 5 heteroatoms. The second-order valence-corrected chi connectivity index (χ2v) is 6.63. The summed E-state index contributed by atoms with van der Waals surface area (Å²) in [5, 5.41) is 2.80. The fourth-order valence-corrected chi connectivity index (χ4v) is 3.14. The molecule has 0 aliphatic rings. The molecule has 1 N–H and O–H groups in total. The van der Waals surface area contributed by atoms with Gasteiger partial charge in [0.25, 0.3) is 5.91 Å². The Labute approximate surface area is 133 Å². The molecule has 1 aromatic heterocycles. The fraction of sp³-hybridized carbons (Fsp3) is 0.353. The molecular weight excluding hydrogens is 298 g/mol. The normalized spacial score (nSPS) is 12.1. The van der Waals surface area contributed by atoms with Gasteiger partial charge in [-0.05, 0) is 43.2 Å². The van der Waals surface area contributed by atoms with Crippen LogP contribution in [0, 0.1) is 6.92 Å². The highest BCUT2D eigenvalue weighted by Gasteiger charge is 2.13. The summed E-state index contributed by atoms with van der Waals surface area (Å²) in [6, 6.07) is 10.9. The van der Waals surface area contributed by atoms with E-state index in [9.17, 15) is 9.00 Å². The van der Waals surface area contributed by atoms with E-state index < -0.39 is 10.8 Å². The molecule has 2 rings (SSSR count). The van der Waals surface area contributed by atoms with Crippen molar-refractivity contribution in [2.75, 3.05) is 6.54 Å². The Hall–Kier alpha value is -1.88. The largest absolute Gasteiger partial charge is 0.455 e. The van der Waals surface area contributed by atoms with E-state index in [1.807, 2.05) is 31.2 Å². The van der Waals surface area contributed by atoms with Crippen LogP contribution in [0.5, 0.6) is 0 Å². The van der Waals surface area contributed by atoms with Gasteiger partial charge in [0.05, 0.1) is 16.6 Å². The molecule has 0 unspecified atom stereocenters. The third-order valence-electron chi connectivity index (χ3n) is 3.23. The van der Waals surface area contributed by atoms with E-state index >= 15 is 0 Å². The first kappa shape index (κ1) is 16.5. The van der Waals surface area contributed by atoms with Gasteiger partial charge >= 0.3 is 0 Å². The molecule has 4 nitrogen and oxygen atoms in total. The lowest BCUT2D eigenvalue weighted by Gasteiger charge is -2.02.